The summed E-state index contributed by atoms with van der Waals surface area (Å²) in [5.74, 6) is -1.62. The van der Waals surface area contributed by atoms with Gasteiger partial charge < -0.3 is 5.11 Å². The molecule has 0 radical (unpaired) electrons. The van der Waals surface area contributed by atoms with Gasteiger partial charge in [0.15, 0.2) is 5.76 Å². The normalized spacial score (nSPS) is 15.6. The Balaban J connectivity index is 1.60. The number of amides is 1. The highest BCUT2D eigenvalue weighted by Crippen LogP contribution is 2.44. The number of benzene rings is 2. The molecule has 188 valence electrons. The molecule has 0 unspecified atom stereocenters. The minimum absolute atomic E-state index is 0.0350. The molecule has 5 rings (SSSR count). The van der Waals surface area contributed by atoms with Gasteiger partial charge in [-0.3, -0.25) is 14.5 Å². The molecule has 0 saturated heterocycles. The van der Waals surface area contributed by atoms with Crippen molar-refractivity contribution in [1.29, 1.82) is 0 Å². The van der Waals surface area contributed by atoms with E-state index >= 15 is 0 Å². The molecule has 1 aliphatic heterocycles. The number of carbonyl (C=O) groups is 2. The van der Waals surface area contributed by atoms with Crippen LogP contribution in [0.4, 0.5) is 5.13 Å². The van der Waals surface area contributed by atoms with Gasteiger partial charge in [0.05, 0.1) is 22.2 Å². The Hall–Kier alpha value is -3.69. The van der Waals surface area contributed by atoms with Crippen LogP contribution in [-0.2, 0) is 17.6 Å². The zero-order valence-electron chi connectivity index (χ0n) is 20.8. The van der Waals surface area contributed by atoms with Crippen LogP contribution in [-0.4, -0.2) is 32.0 Å². The van der Waals surface area contributed by atoms with Gasteiger partial charge >= 0.3 is 0 Å². The average molecular weight is 531 g/mol. The van der Waals surface area contributed by atoms with E-state index in [4.69, 9.17) is 0 Å². The highest BCUT2D eigenvalue weighted by molar-refractivity contribution is 7.17. The molecule has 9 heteroatoms. The van der Waals surface area contributed by atoms with Crippen molar-refractivity contribution in [3.63, 3.8) is 0 Å². The van der Waals surface area contributed by atoms with E-state index in [1.165, 1.54) is 27.6 Å². The molecule has 0 bridgehead atoms. The molecule has 2 aromatic heterocycles. The number of hydrogen-bond acceptors (Lipinski definition) is 8. The topological polar surface area (TPSA) is 96.3 Å². The molecule has 0 aliphatic carbocycles. The minimum atomic E-state index is -0.824. The first-order valence-corrected chi connectivity index (χ1v) is 13.8. The van der Waals surface area contributed by atoms with Crippen LogP contribution >= 0.6 is 22.7 Å². The summed E-state index contributed by atoms with van der Waals surface area (Å²) in [5.41, 5.74) is 3.35. The van der Waals surface area contributed by atoms with E-state index in [2.05, 4.69) is 22.1 Å². The number of hydrogen-bond donors (Lipinski definition) is 1. The predicted octanol–water partition coefficient (Wildman–Crippen LogP) is 6.27. The molecular formula is C28H26N4O3S2. The van der Waals surface area contributed by atoms with Gasteiger partial charge in [0, 0.05) is 12.0 Å². The fourth-order valence-electron chi connectivity index (χ4n) is 4.38. The SMILES string of the molecule is CCCc1nnc(N2C(=O)C(O)=C(C(=O)c3sc(-c4ccccc4)nc3C)[C@H]2c2ccc(CC)cc2)s1. The van der Waals surface area contributed by atoms with E-state index in [0.717, 1.165) is 41.0 Å². The van der Waals surface area contributed by atoms with E-state index in [1.54, 1.807) is 6.92 Å². The zero-order valence-corrected chi connectivity index (χ0v) is 22.4. The molecule has 7 nitrogen and oxygen atoms in total. The van der Waals surface area contributed by atoms with Gasteiger partial charge in [-0.2, -0.15) is 0 Å². The van der Waals surface area contributed by atoms with Crippen LogP contribution in [0.2, 0.25) is 0 Å². The molecule has 1 aliphatic rings. The second kappa shape index (κ2) is 10.4. The van der Waals surface area contributed by atoms with Gasteiger partial charge in [-0.15, -0.1) is 21.5 Å². The Morgan fingerprint density at radius 2 is 1.76 bits per heavy atom. The summed E-state index contributed by atoms with van der Waals surface area (Å²) in [5, 5.41) is 21.4. The number of aliphatic hydroxyl groups excluding tert-OH is 1. The summed E-state index contributed by atoms with van der Waals surface area (Å²) in [6, 6.07) is 16.6. The molecule has 0 fully saturated rings. The quantitative estimate of drug-likeness (QED) is 0.270. The van der Waals surface area contributed by atoms with E-state index in [0.29, 0.717) is 20.7 Å². The van der Waals surface area contributed by atoms with Crippen LogP contribution < -0.4 is 4.90 Å². The van der Waals surface area contributed by atoms with Crippen LogP contribution in [0.5, 0.6) is 0 Å². The van der Waals surface area contributed by atoms with Crippen LogP contribution in [0.1, 0.15) is 57.8 Å². The number of nitrogens with zero attached hydrogens (tertiary/aromatic N) is 4. The van der Waals surface area contributed by atoms with E-state index < -0.39 is 23.5 Å². The second-order valence-electron chi connectivity index (χ2n) is 8.79. The third-order valence-electron chi connectivity index (χ3n) is 6.31. The maximum absolute atomic E-state index is 14.0. The summed E-state index contributed by atoms with van der Waals surface area (Å²) < 4.78 is 0. The number of aromatic nitrogens is 3. The first-order chi connectivity index (χ1) is 17.9. The van der Waals surface area contributed by atoms with Crippen LogP contribution in [0.15, 0.2) is 65.9 Å². The summed E-state index contributed by atoms with van der Waals surface area (Å²) in [6.45, 7) is 5.88. The number of carbonyl (C=O) groups excluding carboxylic acids is 2. The smallest absolute Gasteiger partial charge is 0.296 e. The van der Waals surface area contributed by atoms with Crippen molar-refractivity contribution in [3.8, 4) is 10.6 Å². The lowest BCUT2D eigenvalue weighted by Gasteiger charge is -2.24. The third kappa shape index (κ3) is 4.60. The highest BCUT2D eigenvalue weighted by Gasteiger charge is 2.46. The van der Waals surface area contributed by atoms with Gasteiger partial charge in [0.1, 0.15) is 10.0 Å². The number of anilines is 1. The van der Waals surface area contributed by atoms with Crippen LogP contribution in [0.25, 0.3) is 10.6 Å². The minimum Gasteiger partial charge on any atom is -0.503 e. The Labute approximate surface area is 223 Å². The van der Waals surface area contributed by atoms with Crippen molar-refractivity contribution in [2.24, 2.45) is 0 Å². The Bertz CT molecular complexity index is 1490. The summed E-state index contributed by atoms with van der Waals surface area (Å²) in [7, 11) is 0. The highest BCUT2D eigenvalue weighted by atomic mass is 32.1. The van der Waals surface area contributed by atoms with Crippen LogP contribution in [0, 0.1) is 6.92 Å². The molecule has 1 N–H and O–H groups in total. The number of rotatable bonds is 8. The van der Waals surface area contributed by atoms with E-state index in [-0.39, 0.29) is 5.57 Å². The van der Waals surface area contributed by atoms with Gasteiger partial charge in [-0.05, 0) is 30.9 Å². The van der Waals surface area contributed by atoms with E-state index in [9.17, 15) is 14.7 Å². The summed E-state index contributed by atoms with van der Waals surface area (Å²) in [4.78, 5) is 33.8. The predicted molar refractivity (Wildman–Crippen MR) is 146 cm³/mol. The maximum Gasteiger partial charge on any atom is 0.296 e. The Morgan fingerprint density at radius 1 is 1.03 bits per heavy atom. The zero-order chi connectivity index (χ0) is 26.1. The van der Waals surface area contributed by atoms with Gasteiger partial charge in [-0.25, -0.2) is 4.98 Å². The standard InChI is InChI=1S/C28H26N4O3S2/c1-4-9-20-30-31-28(36-20)32-22(18-14-12-17(5-2)13-15-18)21(24(34)27(32)35)23(33)25-16(3)29-26(37-25)19-10-7-6-8-11-19/h6-8,10-15,22,34H,4-5,9H2,1-3H3/t22-/m1/s1. The number of aryl methyl sites for hydroxylation is 3. The van der Waals surface area contributed by atoms with Crippen molar-refractivity contribution in [2.75, 3.05) is 4.90 Å². The molecule has 2 aromatic carbocycles. The third-order valence-corrected chi connectivity index (χ3v) is 8.49. The fraction of sp³-hybridized carbons (Fsp3) is 0.250. The summed E-state index contributed by atoms with van der Waals surface area (Å²) >= 11 is 2.57. The fourth-order valence-corrected chi connectivity index (χ4v) is 6.37. The number of Topliss-reactive ketones (excluding diaryl/α,β-unsaturated/α-hetero) is 1. The van der Waals surface area contributed by atoms with Gasteiger partial charge in [-0.1, -0.05) is 79.8 Å². The summed E-state index contributed by atoms with van der Waals surface area (Å²) in [6.07, 6.45) is 2.49. The first kappa shape index (κ1) is 25.0. The van der Waals surface area contributed by atoms with E-state index in [1.807, 2.05) is 61.5 Å². The van der Waals surface area contributed by atoms with Crippen LogP contribution in [0.3, 0.4) is 0 Å². The van der Waals surface area contributed by atoms with Crippen molar-refractivity contribution in [2.45, 2.75) is 46.1 Å². The van der Waals surface area contributed by atoms with Gasteiger partial charge in [0.25, 0.3) is 5.91 Å². The van der Waals surface area contributed by atoms with Crippen molar-refractivity contribution < 1.29 is 14.7 Å². The lowest BCUT2D eigenvalue weighted by atomic mass is 9.94. The second-order valence-corrected chi connectivity index (χ2v) is 10.8. The molecule has 3 heterocycles. The number of ketones is 1. The Kier molecular flexibility index (Phi) is 6.99. The first-order valence-electron chi connectivity index (χ1n) is 12.2. The molecule has 4 aromatic rings. The number of aliphatic hydroxyl groups is 1. The molecule has 0 saturated carbocycles. The lowest BCUT2D eigenvalue weighted by molar-refractivity contribution is -0.117. The van der Waals surface area contributed by atoms with Crippen molar-refractivity contribution in [3.05, 3.63) is 92.6 Å². The average Bonchev–Trinajstić information content (AvgIpc) is 3.61. The number of thiazole rings is 1. The van der Waals surface area contributed by atoms with Crippen molar-refractivity contribution in [1.82, 2.24) is 15.2 Å². The molecule has 1 atom stereocenters. The molecular weight excluding hydrogens is 504 g/mol. The monoisotopic (exact) mass is 530 g/mol. The van der Waals surface area contributed by atoms with Crippen molar-refractivity contribution >= 4 is 39.5 Å². The Morgan fingerprint density at radius 3 is 2.43 bits per heavy atom. The molecule has 1 amide bonds. The molecule has 0 spiro atoms. The maximum atomic E-state index is 14.0. The molecule has 37 heavy (non-hydrogen) atoms. The largest absolute Gasteiger partial charge is 0.503 e. The lowest BCUT2D eigenvalue weighted by Crippen LogP contribution is -2.31. The van der Waals surface area contributed by atoms with Gasteiger partial charge in [0.2, 0.25) is 10.9 Å².